The molecule has 1 saturated heterocycles. The van der Waals surface area contributed by atoms with Crippen LogP contribution in [-0.2, 0) is 16.1 Å². The number of rotatable bonds is 7. The summed E-state index contributed by atoms with van der Waals surface area (Å²) in [7, 11) is 3.36. The second kappa shape index (κ2) is 12.9. The summed E-state index contributed by atoms with van der Waals surface area (Å²) in [6.45, 7) is 6.01. The van der Waals surface area contributed by atoms with Crippen LogP contribution in [0.2, 0.25) is 0 Å². The van der Waals surface area contributed by atoms with Gasteiger partial charge in [0.25, 0.3) is 0 Å². The van der Waals surface area contributed by atoms with Crippen molar-refractivity contribution < 1.29 is 9.53 Å². The fourth-order valence-electron chi connectivity index (χ4n) is 2.62. The topological polar surface area (TPSA) is 69.2 Å². The molecule has 0 spiro atoms. The summed E-state index contributed by atoms with van der Waals surface area (Å²) >= 11 is 5.30. The summed E-state index contributed by atoms with van der Waals surface area (Å²) < 4.78 is 6.09. The van der Waals surface area contributed by atoms with E-state index < -0.39 is 0 Å². The molecule has 1 amide bonds. The molecule has 0 saturated carbocycles. The van der Waals surface area contributed by atoms with Gasteiger partial charge < -0.3 is 20.3 Å². The zero-order valence-electron chi connectivity index (χ0n) is 15.2. The van der Waals surface area contributed by atoms with Crippen LogP contribution >= 0.6 is 51.2 Å². The van der Waals surface area contributed by atoms with E-state index in [0.29, 0.717) is 13.2 Å². The first-order chi connectivity index (χ1) is 12.1. The lowest BCUT2D eigenvalue weighted by Crippen LogP contribution is -2.53. The van der Waals surface area contributed by atoms with Crippen molar-refractivity contribution in [2.24, 2.45) is 4.99 Å². The number of nitrogens with one attached hydrogen (secondary N) is 2. The maximum absolute atomic E-state index is 11.8. The van der Waals surface area contributed by atoms with Crippen LogP contribution in [0.5, 0.6) is 0 Å². The van der Waals surface area contributed by atoms with Crippen LogP contribution in [0.1, 0.15) is 4.88 Å². The fourth-order valence-corrected chi connectivity index (χ4v) is 4.15. The molecule has 26 heavy (non-hydrogen) atoms. The van der Waals surface area contributed by atoms with Gasteiger partial charge >= 0.3 is 0 Å². The highest BCUT2D eigenvalue weighted by molar-refractivity contribution is 14.0. The normalized spacial score (nSPS) is 15.5. The summed E-state index contributed by atoms with van der Waals surface area (Å²) in [5.41, 5.74) is 0. The van der Waals surface area contributed by atoms with Gasteiger partial charge in [-0.25, -0.2) is 0 Å². The summed E-state index contributed by atoms with van der Waals surface area (Å²) in [5.74, 6) is 0.723. The van der Waals surface area contributed by atoms with Crippen LogP contribution in [0.25, 0.3) is 0 Å². The van der Waals surface area contributed by atoms with Crippen LogP contribution in [0.3, 0.4) is 0 Å². The molecule has 0 atom stereocenters. The monoisotopic (exact) mass is 559 g/mol. The first kappa shape index (κ1) is 23.6. The van der Waals surface area contributed by atoms with Crippen LogP contribution < -0.4 is 10.6 Å². The second-order valence-corrected chi connectivity index (χ2v) is 8.26. The van der Waals surface area contributed by atoms with E-state index in [4.69, 9.17) is 4.74 Å². The largest absolute Gasteiger partial charge is 0.383 e. The van der Waals surface area contributed by atoms with Crippen LogP contribution in [0.4, 0.5) is 0 Å². The Morgan fingerprint density at radius 3 is 2.62 bits per heavy atom. The van der Waals surface area contributed by atoms with Crippen molar-refractivity contribution in [3.8, 4) is 0 Å². The fraction of sp³-hybridized carbons (Fsp3) is 0.625. The van der Waals surface area contributed by atoms with E-state index in [2.05, 4.69) is 53.5 Å². The number of piperazine rings is 1. The number of thiophene rings is 1. The van der Waals surface area contributed by atoms with Crippen LogP contribution in [-0.4, -0.2) is 81.7 Å². The molecule has 1 aliphatic heterocycles. The predicted octanol–water partition coefficient (Wildman–Crippen LogP) is 1.58. The van der Waals surface area contributed by atoms with E-state index in [9.17, 15) is 4.79 Å². The molecule has 10 heteroatoms. The molecule has 1 aliphatic rings. The van der Waals surface area contributed by atoms with Gasteiger partial charge in [0.15, 0.2) is 5.96 Å². The molecule has 2 N–H and O–H groups in total. The Labute approximate surface area is 184 Å². The molecule has 7 nitrogen and oxygen atoms in total. The molecule has 1 aromatic heterocycles. The average molecular weight is 560 g/mol. The lowest BCUT2D eigenvalue weighted by atomic mass is 10.3. The zero-order valence-corrected chi connectivity index (χ0v) is 19.9. The quantitative estimate of drug-likeness (QED) is 0.230. The molecule has 1 aromatic rings. The molecular formula is C16H27BrIN5O2S. The third-order valence-electron chi connectivity index (χ3n) is 3.93. The summed E-state index contributed by atoms with van der Waals surface area (Å²) in [4.78, 5) is 22.1. The summed E-state index contributed by atoms with van der Waals surface area (Å²) in [5, 5.41) is 5.93. The molecule has 0 aliphatic carbocycles. The van der Waals surface area contributed by atoms with E-state index in [-0.39, 0.29) is 36.4 Å². The molecule has 148 valence electrons. The van der Waals surface area contributed by atoms with Gasteiger partial charge in [0.2, 0.25) is 5.91 Å². The van der Waals surface area contributed by atoms with Gasteiger partial charge in [0.1, 0.15) is 0 Å². The Bertz CT molecular complexity index is 579. The molecule has 0 unspecified atom stereocenters. The summed E-state index contributed by atoms with van der Waals surface area (Å²) in [6, 6.07) is 4.27. The number of nitrogens with zero attached hydrogens (tertiary/aromatic N) is 3. The molecule has 0 radical (unpaired) electrons. The minimum atomic E-state index is -0.0555. The highest BCUT2D eigenvalue weighted by atomic mass is 127. The van der Waals surface area contributed by atoms with Crippen molar-refractivity contribution in [1.29, 1.82) is 0 Å². The molecule has 0 aromatic carbocycles. The molecule has 1 fully saturated rings. The number of aliphatic imine (C=N–C) groups is 1. The van der Waals surface area contributed by atoms with Gasteiger partial charge in [-0.05, 0) is 28.1 Å². The van der Waals surface area contributed by atoms with Crippen molar-refractivity contribution >= 4 is 63.1 Å². The van der Waals surface area contributed by atoms with E-state index in [1.807, 2.05) is 0 Å². The second-order valence-electron chi connectivity index (χ2n) is 5.71. The number of carbonyl (C=O) groups is 1. The minimum absolute atomic E-state index is 0. The zero-order chi connectivity index (χ0) is 18.1. The van der Waals surface area contributed by atoms with Gasteiger partial charge in [-0.3, -0.25) is 14.7 Å². The SMILES string of the molecule is CN=C(NCC(=O)NCCOC)N1CCN(Cc2ccc(Br)s2)CC1.I. The first-order valence-electron chi connectivity index (χ1n) is 8.30. The Kier molecular flexibility index (Phi) is 11.7. The predicted molar refractivity (Wildman–Crippen MR) is 121 cm³/mol. The van der Waals surface area contributed by atoms with Crippen molar-refractivity contribution in [2.45, 2.75) is 6.54 Å². The Morgan fingerprint density at radius 2 is 2.04 bits per heavy atom. The van der Waals surface area contributed by atoms with Gasteiger partial charge in [-0.15, -0.1) is 35.3 Å². The van der Waals surface area contributed by atoms with E-state index in [1.54, 1.807) is 25.5 Å². The van der Waals surface area contributed by atoms with Crippen LogP contribution in [0.15, 0.2) is 20.9 Å². The number of carbonyl (C=O) groups excluding carboxylic acids is 1. The highest BCUT2D eigenvalue weighted by Crippen LogP contribution is 2.23. The first-order valence-corrected chi connectivity index (χ1v) is 9.91. The summed E-state index contributed by atoms with van der Waals surface area (Å²) in [6.07, 6.45) is 0. The van der Waals surface area contributed by atoms with Crippen LogP contribution in [0, 0.1) is 0 Å². The van der Waals surface area contributed by atoms with E-state index in [0.717, 1.165) is 38.7 Å². The number of ether oxygens (including phenoxy) is 1. The Balaban J connectivity index is 0.00000338. The van der Waals surface area contributed by atoms with Gasteiger partial charge in [0.05, 0.1) is 16.9 Å². The van der Waals surface area contributed by atoms with E-state index >= 15 is 0 Å². The maximum Gasteiger partial charge on any atom is 0.239 e. The lowest BCUT2D eigenvalue weighted by molar-refractivity contribution is -0.120. The van der Waals surface area contributed by atoms with Gasteiger partial charge in [-0.1, -0.05) is 0 Å². The number of methoxy groups -OCH3 is 1. The number of hydrogen-bond donors (Lipinski definition) is 2. The third-order valence-corrected chi connectivity index (χ3v) is 5.54. The number of hydrogen-bond acceptors (Lipinski definition) is 5. The number of guanidine groups is 1. The van der Waals surface area contributed by atoms with Gasteiger partial charge in [-0.2, -0.15) is 0 Å². The molecule has 2 rings (SSSR count). The Morgan fingerprint density at radius 1 is 1.31 bits per heavy atom. The lowest BCUT2D eigenvalue weighted by Gasteiger charge is -2.36. The van der Waals surface area contributed by atoms with Crippen molar-refractivity contribution in [3.63, 3.8) is 0 Å². The number of halogens is 2. The molecular weight excluding hydrogens is 533 g/mol. The average Bonchev–Trinajstić information content (AvgIpc) is 3.02. The number of amides is 1. The minimum Gasteiger partial charge on any atom is -0.383 e. The molecule has 0 bridgehead atoms. The van der Waals surface area contributed by atoms with Crippen molar-refractivity contribution in [1.82, 2.24) is 20.4 Å². The molecule has 2 heterocycles. The third kappa shape index (κ3) is 8.07. The Hall–Kier alpha value is -0.430. The van der Waals surface area contributed by atoms with Crippen molar-refractivity contribution in [2.75, 3.05) is 60.0 Å². The van der Waals surface area contributed by atoms with E-state index in [1.165, 1.54) is 8.66 Å². The maximum atomic E-state index is 11.8. The van der Waals surface area contributed by atoms with Crippen molar-refractivity contribution in [3.05, 3.63) is 20.8 Å². The standard InChI is InChI=1S/C16H26BrN5O2S.HI/c1-18-16(20-11-15(23)19-5-10-24-2)22-8-6-21(7-9-22)12-13-3-4-14(17)25-13;/h3-4H,5-12H2,1-2H3,(H,18,20)(H,19,23);1H. The van der Waals surface area contributed by atoms with Gasteiger partial charge in [0, 0.05) is 58.3 Å². The highest BCUT2D eigenvalue weighted by Gasteiger charge is 2.20. The smallest absolute Gasteiger partial charge is 0.239 e.